The second-order valence-electron chi connectivity index (χ2n) is 6.21. The van der Waals surface area contributed by atoms with Gasteiger partial charge in [-0.1, -0.05) is 23.7 Å². The Bertz CT molecular complexity index is 1080. The minimum Gasteiger partial charge on any atom is -0.465 e. The third kappa shape index (κ3) is 5.29. The summed E-state index contributed by atoms with van der Waals surface area (Å²) in [4.78, 5) is 24.5. The summed E-state index contributed by atoms with van der Waals surface area (Å²) in [6.07, 6.45) is -4.38. The van der Waals surface area contributed by atoms with Crippen LogP contribution in [-0.4, -0.2) is 31.8 Å². The van der Waals surface area contributed by atoms with Gasteiger partial charge in [-0.25, -0.2) is 4.79 Å². The third-order valence-electron chi connectivity index (χ3n) is 4.01. The number of halogens is 4. The van der Waals surface area contributed by atoms with Crippen molar-refractivity contribution in [1.29, 1.82) is 0 Å². The first kappa shape index (κ1) is 22.1. The Kier molecular flexibility index (Phi) is 6.64. The van der Waals surface area contributed by atoms with Gasteiger partial charge in [0.1, 0.15) is 11.5 Å². The summed E-state index contributed by atoms with van der Waals surface area (Å²) < 4.78 is 46.3. The van der Waals surface area contributed by atoms with Crippen molar-refractivity contribution in [3.8, 4) is 0 Å². The van der Waals surface area contributed by atoms with Gasteiger partial charge < -0.3 is 14.8 Å². The first-order valence-corrected chi connectivity index (χ1v) is 9.72. The number of carbonyl (C=O) groups is 2. The maximum atomic E-state index is 12.4. The number of carbonyl (C=O) groups excluding carboxylic acids is 2. The van der Waals surface area contributed by atoms with Crippen molar-refractivity contribution < 1.29 is 32.2 Å². The van der Waals surface area contributed by atoms with Crippen molar-refractivity contribution in [1.82, 2.24) is 0 Å². The Balaban J connectivity index is 1.68. The SMILES string of the molecule is COC(=O)c1sc2cc(NC(=O)c3ccc(COCC(F)(F)F)cc3)ccc2c1Cl. The largest absolute Gasteiger partial charge is 0.465 e. The van der Waals surface area contributed by atoms with E-state index in [4.69, 9.17) is 16.3 Å². The fraction of sp³-hybridized carbons (Fsp3) is 0.200. The molecule has 0 saturated heterocycles. The average Bonchev–Trinajstić information content (AvgIpc) is 3.03. The lowest BCUT2D eigenvalue weighted by molar-refractivity contribution is -0.176. The topological polar surface area (TPSA) is 64.6 Å². The molecule has 1 N–H and O–H groups in total. The predicted octanol–water partition coefficient (Wildman–Crippen LogP) is 5.67. The Labute approximate surface area is 178 Å². The van der Waals surface area contributed by atoms with Crippen LogP contribution in [0.4, 0.5) is 18.9 Å². The number of benzene rings is 2. The minimum atomic E-state index is -4.38. The summed E-state index contributed by atoms with van der Waals surface area (Å²) >= 11 is 7.36. The van der Waals surface area contributed by atoms with Gasteiger partial charge in [0, 0.05) is 21.3 Å². The molecule has 0 aliphatic carbocycles. The monoisotopic (exact) mass is 457 g/mol. The van der Waals surface area contributed by atoms with Crippen molar-refractivity contribution in [2.24, 2.45) is 0 Å². The van der Waals surface area contributed by atoms with E-state index in [0.29, 0.717) is 31.9 Å². The quantitative estimate of drug-likeness (QED) is 0.484. The maximum Gasteiger partial charge on any atom is 0.411 e. The molecule has 0 aliphatic heterocycles. The highest BCUT2D eigenvalue weighted by atomic mass is 35.5. The summed E-state index contributed by atoms with van der Waals surface area (Å²) in [5.74, 6) is -0.931. The first-order chi connectivity index (χ1) is 14.2. The third-order valence-corrected chi connectivity index (χ3v) is 5.65. The maximum absolute atomic E-state index is 12.4. The number of thiophene rings is 1. The molecule has 3 aromatic rings. The number of rotatable bonds is 6. The average molecular weight is 458 g/mol. The van der Waals surface area contributed by atoms with Gasteiger partial charge in [0.25, 0.3) is 5.91 Å². The van der Waals surface area contributed by atoms with E-state index in [1.165, 1.54) is 31.4 Å². The number of fused-ring (bicyclic) bond motifs is 1. The van der Waals surface area contributed by atoms with Gasteiger partial charge in [0.2, 0.25) is 0 Å². The molecule has 0 bridgehead atoms. The Morgan fingerprint density at radius 2 is 1.83 bits per heavy atom. The molecule has 0 aliphatic rings. The smallest absolute Gasteiger partial charge is 0.411 e. The van der Waals surface area contributed by atoms with E-state index in [0.717, 1.165) is 11.3 Å². The lowest BCUT2D eigenvalue weighted by Crippen LogP contribution is -2.16. The summed E-state index contributed by atoms with van der Waals surface area (Å²) in [5, 5.41) is 3.70. The number of nitrogens with one attached hydrogen (secondary N) is 1. The van der Waals surface area contributed by atoms with E-state index >= 15 is 0 Å². The number of alkyl halides is 3. The van der Waals surface area contributed by atoms with E-state index < -0.39 is 24.7 Å². The van der Waals surface area contributed by atoms with Gasteiger partial charge in [-0.05, 0) is 35.9 Å². The zero-order valence-electron chi connectivity index (χ0n) is 15.5. The van der Waals surface area contributed by atoms with E-state index in [9.17, 15) is 22.8 Å². The fourth-order valence-corrected chi connectivity index (χ4v) is 4.07. The highest BCUT2D eigenvalue weighted by Crippen LogP contribution is 2.37. The molecule has 30 heavy (non-hydrogen) atoms. The highest BCUT2D eigenvalue weighted by molar-refractivity contribution is 7.21. The second kappa shape index (κ2) is 9.03. The number of hydrogen-bond acceptors (Lipinski definition) is 5. The van der Waals surface area contributed by atoms with Crippen molar-refractivity contribution >= 4 is 50.6 Å². The predicted molar refractivity (Wildman–Crippen MR) is 108 cm³/mol. The summed E-state index contributed by atoms with van der Waals surface area (Å²) in [7, 11) is 1.27. The summed E-state index contributed by atoms with van der Waals surface area (Å²) in [6, 6.07) is 11.1. The van der Waals surface area contributed by atoms with Gasteiger partial charge in [-0.15, -0.1) is 11.3 Å². The number of ether oxygens (including phenoxy) is 2. The molecule has 1 amide bonds. The molecule has 0 fully saturated rings. The Hall–Kier alpha value is -2.62. The van der Waals surface area contributed by atoms with Crippen molar-refractivity contribution in [3.63, 3.8) is 0 Å². The molecule has 1 aromatic heterocycles. The lowest BCUT2D eigenvalue weighted by Gasteiger charge is -2.09. The van der Waals surface area contributed by atoms with Gasteiger partial charge in [-0.2, -0.15) is 13.2 Å². The van der Waals surface area contributed by atoms with Crippen LogP contribution in [0.15, 0.2) is 42.5 Å². The van der Waals surface area contributed by atoms with Crippen LogP contribution in [-0.2, 0) is 16.1 Å². The van der Waals surface area contributed by atoms with E-state index in [1.807, 2.05) is 0 Å². The van der Waals surface area contributed by atoms with Crippen LogP contribution >= 0.6 is 22.9 Å². The zero-order valence-corrected chi connectivity index (χ0v) is 17.1. The van der Waals surface area contributed by atoms with Gasteiger partial charge >= 0.3 is 12.1 Å². The molecular formula is C20H15ClF3NO4S. The highest BCUT2D eigenvalue weighted by Gasteiger charge is 2.27. The van der Waals surface area contributed by atoms with Gasteiger partial charge in [0.15, 0.2) is 0 Å². The van der Waals surface area contributed by atoms with Crippen LogP contribution in [0.1, 0.15) is 25.6 Å². The van der Waals surface area contributed by atoms with Crippen LogP contribution in [0, 0.1) is 0 Å². The number of anilines is 1. The zero-order chi connectivity index (χ0) is 21.9. The minimum absolute atomic E-state index is 0.209. The molecule has 0 spiro atoms. The van der Waals surface area contributed by atoms with Crippen molar-refractivity contribution in [2.45, 2.75) is 12.8 Å². The molecule has 0 radical (unpaired) electrons. The molecule has 0 atom stereocenters. The van der Waals surface area contributed by atoms with Crippen LogP contribution in [0.25, 0.3) is 10.1 Å². The molecule has 158 valence electrons. The molecule has 1 heterocycles. The number of methoxy groups -OCH3 is 1. The number of amides is 1. The van der Waals surface area contributed by atoms with E-state index in [1.54, 1.807) is 18.2 Å². The van der Waals surface area contributed by atoms with Crippen molar-refractivity contribution in [2.75, 3.05) is 19.0 Å². The van der Waals surface area contributed by atoms with Crippen LogP contribution in [0.2, 0.25) is 5.02 Å². The van der Waals surface area contributed by atoms with Gasteiger partial charge in [0.05, 0.1) is 18.7 Å². The van der Waals surface area contributed by atoms with Crippen LogP contribution < -0.4 is 5.32 Å². The van der Waals surface area contributed by atoms with E-state index in [2.05, 4.69) is 10.1 Å². The number of esters is 1. The summed E-state index contributed by atoms with van der Waals surface area (Å²) in [5.41, 5.74) is 1.34. The number of hydrogen-bond donors (Lipinski definition) is 1. The van der Waals surface area contributed by atoms with Gasteiger partial charge in [-0.3, -0.25) is 4.79 Å². The molecule has 0 unspecified atom stereocenters. The van der Waals surface area contributed by atoms with Crippen LogP contribution in [0.3, 0.4) is 0 Å². The van der Waals surface area contributed by atoms with Crippen LogP contribution in [0.5, 0.6) is 0 Å². The first-order valence-electron chi connectivity index (χ1n) is 8.53. The molecule has 0 saturated carbocycles. The molecule has 5 nitrogen and oxygen atoms in total. The van der Waals surface area contributed by atoms with E-state index in [-0.39, 0.29) is 11.5 Å². The molecule has 3 rings (SSSR count). The summed E-state index contributed by atoms with van der Waals surface area (Å²) in [6.45, 7) is -1.54. The molecular weight excluding hydrogens is 443 g/mol. The Morgan fingerprint density at radius 1 is 1.13 bits per heavy atom. The molecule has 10 heteroatoms. The molecule has 2 aromatic carbocycles. The fourth-order valence-electron chi connectivity index (χ4n) is 2.61. The normalized spacial score (nSPS) is 11.5. The van der Waals surface area contributed by atoms with Crippen molar-refractivity contribution in [3.05, 3.63) is 63.5 Å². The Morgan fingerprint density at radius 3 is 2.47 bits per heavy atom. The lowest BCUT2D eigenvalue weighted by atomic mass is 10.1. The standard InChI is InChI=1S/C20H15ClF3NO4S/c1-28-19(27)17-16(21)14-7-6-13(8-15(14)30-17)25-18(26)12-4-2-11(3-5-12)9-29-10-20(22,23)24/h2-8H,9-10H2,1H3,(H,25,26). The second-order valence-corrected chi connectivity index (χ2v) is 7.64.